The number of carbonyl (C=O) groups excluding carboxylic acids is 2. The van der Waals surface area contributed by atoms with Crippen molar-refractivity contribution < 1.29 is 14.7 Å². The number of nitrogens with zero attached hydrogens (tertiary/aromatic N) is 2. The quantitative estimate of drug-likeness (QED) is 0.739. The number of imide groups is 1. The smallest absolute Gasteiger partial charge is 0.241 e. The molecular formula is C19H16N2O3. The molecule has 1 fully saturated rings. The van der Waals surface area contributed by atoms with Gasteiger partial charge in [0.1, 0.15) is 5.75 Å². The summed E-state index contributed by atoms with van der Waals surface area (Å²) >= 11 is 0. The molecule has 1 atom stereocenters. The number of carbonyl (C=O) groups is 2. The minimum Gasteiger partial charge on any atom is -0.508 e. The Morgan fingerprint density at radius 3 is 2.50 bits per heavy atom. The van der Waals surface area contributed by atoms with E-state index in [1.807, 2.05) is 42.1 Å². The maximum Gasteiger partial charge on any atom is 0.241 e. The Morgan fingerprint density at radius 2 is 1.75 bits per heavy atom. The number of phenolic OH excluding ortho intramolecular Hbond substituents is 1. The highest BCUT2D eigenvalue weighted by atomic mass is 16.3. The van der Waals surface area contributed by atoms with Gasteiger partial charge in [-0.3, -0.25) is 14.5 Å². The monoisotopic (exact) mass is 320 g/mol. The Labute approximate surface area is 138 Å². The van der Waals surface area contributed by atoms with E-state index in [1.165, 1.54) is 17.0 Å². The number of aryl methyl sites for hydroxylation is 1. The number of anilines is 1. The number of amides is 2. The van der Waals surface area contributed by atoms with Crippen LogP contribution in [0.25, 0.3) is 10.9 Å². The molecular weight excluding hydrogens is 304 g/mol. The van der Waals surface area contributed by atoms with E-state index in [-0.39, 0.29) is 24.0 Å². The second kappa shape index (κ2) is 5.23. The van der Waals surface area contributed by atoms with Crippen molar-refractivity contribution >= 4 is 28.4 Å². The number of benzene rings is 2. The van der Waals surface area contributed by atoms with E-state index in [1.54, 1.807) is 12.1 Å². The van der Waals surface area contributed by atoms with Crippen molar-refractivity contribution in [3.8, 4) is 5.75 Å². The maximum absolute atomic E-state index is 12.9. The van der Waals surface area contributed by atoms with Gasteiger partial charge in [0, 0.05) is 30.6 Å². The molecule has 2 heterocycles. The number of aromatic hydroxyl groups is 1. The van der Waals surface area contributed by atoms with Gasteiger partial charge in [-0.2, -0.15) is 0 Å². The van der Waals surface area contributed by atoms with Gasteiger partial charge in [0.05, 0.1) is 11.6 Å². The minimum absolute atomic E-state index is 0.100. The van der Waals surface area contributed by atoms with E-state index in [9.17, 15) is 14.7 Å². The predicted octanol–water partition coefficient (Wildman–Crippen LogP) is 2.93. The zero-order valence-electron chi connectivity index (χ0n) is 13.1. The molecule has 2 amide bonds. The summed E-state index contributed by atoms with van der Waals surface area (Å²) in [6.07, 6.45) is 2.09. The summed E-state index contributed by atoms with van der Waals surface area (Å²) in [7, 11) is 1.94. The number of rotatable bonds is 2. The number of fused-ring (bicyclic) bond motifs is 1. The van der Waals surface area contributed by atoms with Gasteiger partial charge in [0.25, 0.3) is 0 Å². The van der Waals surface area contributed by atoms with Gasteiger partial charge in [-0.05, 0) is 35.9 Å². The summed E-state index contributed by atoms with van der Waals surface area (Å²) < 4.78 is 1.98. The number of hydrogen-bond acceptors (Lipinski definition) is 3. The molecule has 0 unspecified atom stereocenters. The molecule has 5 heteroatoms. The normalized spacial score (nSPS) is 17.9. The molecule has 1 aliphatic heterocycles. The molecule has 0 bridgehead atoms. The molecule has 3 aromatic rings. The molecule has 24 heavy (non-hydrogen) atoms. The van der Waals surface area contributed by atoms with Crippen LogP contribution in [0.15, 0.2) is 54.7 Å². The fourth-order valence-corrected chi connectivity index (χ4v) is 3.40. The third-order valence-electron chi connectivity index (χ3n) is 4.56. The van der Waals surface area contributed by atoms with Crippen LogP contribution in [-0.2, 0) is 16.6 Å². The third-order valence-corrected chi connectivity index (χ3v) is 4.56. The number of hydrogen-bond donors (Lipinski definition) is 1. The number of aromatic nitrogens is 1. The number of para-hydroxylation sites is 1. The highest BCUT2D eigenvalue weighted by Crippen LogP contribution is 2.37. The first-order chi connectivity index (χ1) is 11.6. The lowest BCUT2D eigenvalue weighted by Gasteiger charge is -2.15. The summed E-state index contributed by atoms with van der Waals surface area (Å²) in [4.78, 5) is 26.5. The molecule has 0 radical (unpaired) electrons. The van der Waals surface area contributed by atoms with E-state index in [4.69, 9.17) is 0 Å². The van der Waals surface area contributed by atoms with Crippen LogP contribution in [0.3, 0.4) is 0 Å². The largest absolute Gasteiger partial charge is 0.508 e. The van der Waals surface area contributed by atoms with Crippen molar-refractivity contribution in [2.45, 2.75) is 12.3 Å². The topological polar surface area (TPSA) is 62.5 Å². The summed E-state index contributed by atoms with van der Waals surface area (Å²) in [5, 5.41) is 10.4. The lowest BCUT2D eigenvalue weighted by atomic mass is 9.97. The average Bonchev–Trinajstić information content (AvgIpc) is 3.06. The SMILES string of the molecule is Cn1cc([C@H]2CC(=O)N(c3ccc(O)cc3)C2=O)c2ccccc21. The van der Waals surface area contributed by atoms with Crippen LogP contribution < -0.4 is 4.90 Å². The van der Waals surface area contributed by atoms with Gasteiger partial charge in [0.2, 0.25) is 11.8 Å². The fourth-order valence-electron chi connectivity index (χ4n) is 3.40. The molecule has 1 aromatic heterocycles. The summed E-state index contributed by atoms with van der Waals surface area (Å²) in [6.45, 7) is 0. The molecule has 1 N–H and O–H groups in total. The van der Waals surface area contributed by atoms with E-state index in [0.29, 0.717) is 5.69 Å². The Bertz CT molecular complexity index is 956. The van der Waals surface area contributed by atoms with E-state index >= 15 is 0 Å². The average molecular weight is 320 g/mol. The third kappa shape index (κ3) is 2.09. The molecule has 1 aliphatic rings. The molecule has 120 valence electrons. The molecule has 4 rings (SSSR count). The van der Waals surface area contributed by atoms with Gasteiger partial charge < -0.3 is 9.67 Å². The highest BCUT2D eigenvalue weighted by Gasteiger charge is 2.41. The van der Waals surface area contributed by atoms with Crippen molar-refractivity contribution in [3.05, 3.63) is 60.3 Å². The Kier molecular flexibility index (Phi) is 3.16. The maximum atomic E-state index is 12.9. The van der Waals surface area contributed by atoms with Crippen molar-refractivity contribution in [3.63, 3.8) is 0 Å². The van der Waals surface area contributed by atoms with Gasteiger partial charge in [-0.25, -0.2) is 0 Å². The molecule has 0 aliphatic carbocycles. The Morgan fingerprint density at radius 1 is 1.04 bits per heavy atom. The van der Waals surface area contributed by atoms with Gasteiger partial charge in [-0.1, -0.05) is 18.2 Å². The van der Waals surface area contributed by atoms with Crippen LogP contribution in [-0.4, -0.2) is 21.5 Å². The molecule has 1 saturated heterocycles. The number of phenols is 1. The van der Waals surface area contributed by atoms with Crippen LogP contribution in [0, 0.1) is 0 Å². The van der Waals surface area contributed by atoms with Crippen LogP contribution in [0.2, 0.25) is 0 Å². The first-order valence-corrected chi connectivity index (χ1v) is 7.76. The summed E-state index contributed by atoms with van der Waals surface area (Å²) in [6, 6.07) is 14.0. The highest BCUT2D eigenvalue weighted by molar-refractivity contribution is 6.23. The summed E-state index contributed by atoms with van der Waals surface area (Å²) in [5.74, 6) is -0.813. The fraction of sp³-hybridized carbons (Fsp3) is 0.158. The van der Waals surface area contributed by atoms with Crippen molar-refractivity contribution in [1.29, 1.82) is 0 Å². The summed E-state index contributed by atoms with van der Waals surface area (Å²) in [5.41, 5.74) is 2.41. The van der Waals surface area contributed by atoms with Gasteiger partial charge >= 0.3 is 0 Å². The Hall–Kier alpha value is -3.08. The lowest BCUT2D eigenvalue weighted by molar-refractivity contribution is -0.121. The molecule has 0 saturated carbocycles. The van der Waals surface area contributed by atoms with E-state index in [0.717, 1.165) is 16.5 Å². The molecule has 5 nitrogen and oxygen atoms in total. The molecule has 0 spiro atoms. The van der Waals surface area contributed by atoms with Crippen LogP contribution in [0.4, 0.5) is 5.69 Å². The molecule has 2 aromatic carbocycles. The standard InChI is InChI=1S/C19H16N2O3/c1-20-11-16(14-4-2-3-5-17(14)20)15-10-18(23)21(19(15)24)12-6-8-13(22)9-7-12/h2-9,11,15,22H,10H2,1H3/t15-/m1/s1. The minimum atomic E-state index is -0.475. The van der Waals surface area contributed by atoms with Crippen LogP contribution in [0.1, 0.15) is 17.9 Å². The van der Waals surface area contributed by atoms with Crippen molar-refractivity contribution in [1.82, 2.24) is 4.57 Å². The van der Waals surface area contributed by atoms with E-state index < -0.39 is 5.92 Å². The lowest BCUT2D eigenvalue weighted by Crippen LogP contribution is -2.29. The van der Waals surface area contributed by atoms with Crippen molar-refractivity contribution in [2.24, 2.45) is 7.05 Å². The zero-order chi connectivity index (χ0) is 16.8. The first-order valence-electron chi connectivity index (χ1n) is 7.76. The second-order valence-corrected chi connectivity index (χ2v) is 6.05. The van der Waals surface area contributed by atoms with Crippen molar-refractivity contribution in [2.75, 3.05) is 4.90 Å². The predicted molar refractivity (Wildman–Crippen MR) is 90.9 cm³/mol. The van der Waals surface area contributed by atoms with Crippen LogP contribution >= 0.6 is 0 Å². The second-order valence-electron chi connectivity index (χ2n) is 6.05. The first kappa shape index (κ1) is 14.5. The Balaban J connectivity index is 1.76. The van der Waals surface area contributed by atoms with E-state index in [2.05, 4.69) is 0 Å². The van der Waals surface area contributed by atoms with Gasteiger partial charge in [-0.15, -0.1) is 0 Å². The van der Waals surface area contributed by atoms with Crippen LogP contribution in [0.5, 0.6) is 5.75 Å². The zero-order valence-corrected chi connectivity index (χ0v) is 13.1. The van der Waals surface area contributed by atoms with Gasteiger partial charge in [0.15, 0.2) is 0 Å².